The van der Waals surface area contributed by atoms with Crippen LogP contribution < -0.4 is 14.8 Å². The van der Waals surface area contributed by atoms with E-state index in [0.29, 0.717) is 17.3 Å². The summed E-state index contributed by atoms with van der Waals surface area (Å²) >= 11 is 1.49. The summed E-state index contributed by atoms with van der Waals surface area (Å²) in [7, 11) is 0. The lowest BCUT2D eigenvalue weighted by Crippen LogP contribution is -2.21. The Hall–Kier alpha value is -3.18. The lowest BCUT2D eigenvalue weighted by Gasteiger charge is -2.17. The largest absolute Gasteiger partial charge is 0.488 e. The Morgan fingerprint density at radius 2 is 2.00 bits per heavy atom. The van der Waals surface area contributed by atoms with Crippen LogP contribution in [0.1, 0.15) is 17.3 Å². The van der Waals surface area contributed by atoms with E-state index in [0.717, 1.165) is 5.03 Å². The fourth-order valence-corrected chi connectivity index (χ4v) is 2.87. The number of aromatic nitrogens is 3. The lowest BCUT2D eigenvalue weighted by molar-refractivity contribution is -0.142. The predicted octanol–water partition coefficient (Wildman–Crippen LogP) is 4.58. The Kier molecular flexibility index (Phi) is 7.79. The zero-order chi connectivity index (χ0) is 22.2. The number of carbonyl (C=O) groups excluding carboxylic acids is 1. The highest BCUT2D eigenvalue weighted by atomic mass is 32.2. The average molecular weight is 450 g/mol. The summed E-state index contributed by atoms with van der Waals surface area (Å²) in [5, 5.41) is 9.90. The molecule has 0 saturated heterocycles. The lowest BCUT2D eigenvalue weighted by atomic mass is 10.2. The molecular formula is C20H20F2N4O4S. The van der Waals surface area contributed by atoms with Crippen LogP contribution in [0.2, 0.25) is 0 Å². The number of ether oxygens (including phenoxy) is 3. The van der Waals surface area contributed by atoms with Crippen molar-refractivity contribution in [2.24, 2.45) is 0 Å². The van der Waals surface area contributed by atoms with Gasteiger partial charge in [0.2, 0.25) is 0 Å². The van der Waals surface area contributed by atoms with Crippen molar-refractivity contribution in [1.29, 1.82) is 0 Å². The summed E-state index contributed by atoms with van der Waals surface area (Å²) in [6, 6.07) is 9.70. The molecule has 1 atom stereocenters. The summed E-state index contributed by atoms with van der Waals surface area (Å²) in [4.78, 5) is 16.9. The molecule has 1 unspecified atom stereocenters. The SMILES string of the molecule is CSc1ccc(Oc2cc(OC(C)COC(F)F)cc(C(=O)Nc3ccn[nH]3)c2)cn1. The number of hydrogen-bond donors (Lipinski definition) is 2. The third-order valence-electron chi connectivity index (χ3n) is 3.84. The van der Waals surface area contributed by atoms with Gasteiger partial charge in [0.1, 0.15) is 29.2 Å². The van der Waals surface area contributed by atoms with Gasteiger partial charge in [-0.1, -0.05) is 0 Å². The first-order valence-corrected chi connectivity index (χ1v) is 10.4. The van der Waals surface area contributed by atoms with Crippen LogP contribution >= 0.6 is 11.8 Å². The molecular weight excluding hydrogens is 430 g/mol. The molecule has 0 bridgehead atoms. The molecule has 0 fully saturated rings. The number of halogens is 2. The Morgan fingerprint density at radius 1 is 1.19 bits per heavy atom. The fourth-order valence-electron chi connectivity index (χ4n) is 2.51. The molecule has 11 heteroatoms. The van der Waals surface area contributed by atoms with Gasteiger partial charge in [-0.2, -0.15) is 13.9 Å². The number of alkyl halides is 2. The van der Waals surface area contributed by atoms with Crippen molar-refractivity contribution < 1.29 is 27.8 Å². The van der Waals surface area contributed by atoms with Gasteiger partial charge in [0.05, 0.1) is 24.0 Å². The van der Waals surface area contributed by atoms with Crippen LogP contribution in [0.25, 0.3) is 0 Å². The minimum atomic E-state index is -2.90. The highest BCUT2D eigenvalue weighted by Crippen LogP contribution is 2.29. The van der Waals surface area contributed by atoms with Gasteiger partial charge < -0.3 is 19.5 Å². The van der Waals surface area contributed by atoms with E-state index in [1.165, 1.54) is 30.1 Å². The molecule has 3 aromatic rings. The van der Waals surface area contributed by atoms with Gasteiger partial charge in [-0.15, -0.1) is 11.8 Å². The smallest absolute Gasteiger partial charge is 0.345 e. The quantitative estimate of drug-likeness (QED) is 0.436. The van der Waals surface area contributed by atoms with Gasteiger partial charge in [0, 0.05) is 17.7 Å². The second-order valence-electron chi connectivity index (χ2n) is 6.28. The molecule has 3 rings (SSSR count). The van der Waals surface area contributed by atoms with Gasteiger partial charge >= 0.3 is 6.61 Å². The maximum Gasteiger partial charge on any atom is 0.345 e. The number of benzene rings is 1. The first kappa shape index (κ1) is 22.5. The van der Waals surface area contributed by atoms with Crippen molar-refractivity contribution in [2.75, 3.05) is 18.2 Å². The number of pyridine rings is 1. The molecule has 1 amide bonds. The van der Waals surface area contributed by atoms with Crippen LogP contribution in [0.5, 0.6) is 17.2 Å². The number of H-pyrrole nitrogens is 1. The number of hydrogen-bond acceptors (Lipinski definition) is 7. The molecule has 31 heavy (non-hydrogen) atoms. The topological polar surface area (TPSA) is 98.4 Å². The van der Waals surface area contributed by atoms with Crippen LogP contribution in [0.4, 0.5) is 14.6 Å². The van der Waals surface area contributed by atoms with E-state index in [-0.39, 0.29) is 17.9 Å². The summed E-state index contributed by atoms with van der Waals surface area (Å²) in [6.45, 7) is -1.64. The van der Waals surface area contributed by atoms with Gasteiger partial charge in [-0.3, -0.25) is 9.89 Å². The Balaban J connectivity index is 1.82. The number of thioether (sulfide) groups is 1. The highest BCUT2D eigenvalue weighted by molar-refractivity contribution is 7.98. The highest BCUT2D eigenvalue weighted by Gasteiger charge is 2.15. The summed E-state index contributed by atoms with van der Waals surface area (Å²) in [5.41, 5.74) is 0.234. The Morgan fingerprint density at radius 3 is 2.65 bits per heavy atom. The monoisotopic (exact) mass is 450 g/mol. The summed E-state index contributed by atoms with van der Waals surface area (Å²) in [6.07, 6.45) is 4.28. The van der Waals surface area contributed by atoms with Gasteiger partial charge in [0.15, 0.2) is 0 Å². The molecule has 8 nitrogen and oxygen atoms in total. The number of nitrogens with zero attached hydrogens (tertiary/aromatic N) is 2. The molecule has 0 radical (unpaired) electrons. The van der Waals surface area contributed by atoms with Crippen LogP contribution in [-0.2, 0) is 4.74 Å². The molecule has 0 saturated carbocycles. The van der Waals surface area contributed by atoms with Crippen molar-refractivity contribution in [3.05, 3.63) is 54.4 Å². The van der Waals surface area contributed by atoms with E-state index in [2.05, 4.69) is 25.2 Å². The number of amides is 1. The standard InChI is InChI=1S/C20H20F2N4O4S/c1-12(11-28-20(21)22)29-15-7-13(19(27)25-17-5-6-24-26-17)8-16(9-15)30-14-3-4-18(31-2)23-10-14/h3-10,12,20H,11H2,1-2H3,(H2,24,25,26,27). The minimum absolute atomic E-state index is 0.234. The molecule has 164 valence electrons. The Bertz CT molecular complexity index is 987. The molecule has 1 aromatic carbocycles. The first-order chi connectivity index (χ1) is 14.9. The fraction of sp³-hybridized carbons (Fsp3) is 0.250. The van der Waals surface area contributed by atoms with E-state index in [1.54, 1.807) is 37.4 Å². The van der Waals surface area contributed by atoms with Crippen molar-refractivity contribution in [2.45, 2.75) is 24.7 Å². The van der Waals surface area contributed by atoms with Gasteiger partial charge in [-0.05, 0) is 37.4 Å². The molecule has 0 spiro atoms. The van der Waals surface area contributed by atoms with E-state index >= 15 is 0 Å². The molecule has 2 heterocycles. The molecule has 0 aliphatic carbocycles. The van der Waals surface area contributed by atoms with E-state index in [1.807, 2.05) is 6.26 Å². The Labute approximate surface area is 181 Å². The third kappa shape index (κ3) is 6.93. The number of aromatic amines is 1. The zero-order valence-corrected chi connectivity index (χ0v) is 17.5. The van der Waals surface area contributed by atoms with Crippen molar-refractivity contribution in [1.82, 2.24) is 15.2 Å². The number of anilines is 1. The molecule has 2 aromatic heterocycles. The van der Waals surface area contributed by atoms with Crippen LogP contribution in [0, 0.1) is 0 Å². The average Bonchev–Trinajstić information content (AvgIpc) is 3.25. The predicted molar refractivity (Wildman–Crippen MR) is 111 cm³/mol. The molecule has 0 aliphatic rings. The number of rotatable bonds is 10. The maximum absolute atomic E-state index is 12.6. The number of nitrogens with one attached hydrogen (secondary N) is 2. The van der Waals surface area contributed by atoms with Crippen LogP contribution in [0.3, 0.4) is 0 Å². The van der Waals surface area contributed by atoms with Crippen LogP contribution in [0.15, 0.2) is 53.8 Å². The zero-order valence-electron chi connectivity index (χ0n) is 16.7. The molecule has 2 N–H and O–H groups in total. The second kappa shape index (κ2) is 10.7. The third-order valence-corrected chi connectivity index (χ3v) is 4.50. The minimum Gasteiger partial charge on any atom is -0.488 e. The second-order valence-corrected chi connectivity index (χ2v) is 7.10. The van der Waals surface area contributed by atoms with Gasteiger partial charge in [-0.25, -0.2) is 4.98 Å². The summed E-state index contributed by atoms with van der Waals surface area (Å²) < 4.78 is 40.3. The maximum atomic E-state index is 12.6. The van der Waals surface area contributed by atoms with Crippen molar-refractivity contribution in [3.63, 3.8) is 0 Å². The van der Waals surface area contributed by atoms with Gasteiger partial charge in [0.25, 0.3) is 5.91 Å². The normalized spacial score (nSPS) is 11.9. The van der Waals surface area contributed by atoms with E-state index < -0.39 is 18.6 Å². The first-order valence-electron chi connectivity index (χ1n) is 9.13. The van der Waals surface area contributed by atoms with Crippen LogP contribution in [-0.4, -0.2) is 46.7 Å². The van der Waals surface area contributed by atoms with Crippen molar-refractivity contribution >= 4 is 23.5 Å². The summed E-state index contributed by atoms with van der Waals surface area (Å²) in [5.74, 6) is 1.00. The van der Waals surface area contributed by atoms with E-state index in [9.17, 15) is 13.6 Å². The number of carbonyl (C=O) groups is 1. The molecule has 0 aliphatic heterocycles. The van der Waals surface area contributed by atoms with Crippen molar-refractivity contribution in [3.8, 4) is 17.2 Å². The van der Waals surface area contributed by atoms with E-state index in [4.69, 9.17) is 9.47 Å².